The topological polar surface area (TPSA) is 97.5 Å². The number of nitrogens with zero attached hydrogens (tertiary/aromatic N) is 2. The summed E-state index contributed by atoms with van der Waals surface area (Å²) in [5, 5.41) is 16.5. The molecule has 19 heavy (non-hydrogen) atoms. The third-order valence-corrected chi connectivity index (χ3v) is 3.21. The van der Waals surface area contributed by atoms with Crippen molar-refractivity contribution in [1.29, 1.82) is 0 Å². The van der Waals surface area contributed by atoms with Gasteiger partial charge >= 0.3 is 0 Å². The fourth-order valence-corrected chi connectivity index (χ4v) is 2.07. The van der Waals surface area contributed by atoms with Gasteiger partial charge in [0, 0.05) is 20.1 Å². The van der Waals surface area contributed by atoms with E-state index in [4.69, 9.17) is 9.26 Å². The van der Waals surface area contributed by atoms with E-state index in [1.807, 2.05) is 0 Å². The number of aliphatic hydroxyl groups is 1. The molecule has 1 aromatic rings. The van der Waals surface area contributed by atoms with Gasteiger partial charge in [0.2, 0.25) is 5.89 Å². The Kier molecular flexibility index (Phi) is 4.16. The maximum absolute atomic E-state index is 11.7. The van der Waals surface area contributed by atoms with Crippen LogP contribution in [0.25, 0.3) is 0 Å². The van der Waals surface area contributed by atoms with Gasteiger partial charge in [-0.05, 0) is 26.2 Å². The van der Waals surface area contributed by atoms with Gasteiger partial charge in [-0.15, -0.1) is 0 Å². The fourth-order valence-electron chi connectivity index (χ4n) is 2.07. The second-order valence-corrected chi connectivity index (χ2v) is 5.03. The highest BCUT2D eigenvalue weighted by Crippen LogP contribution is 2.22. The van der Waals surface area contributed by atoms with E-state index in [9.17, 15) is 9.90 Å². The number of hydrogen-bond donors (Lipinski definition) is 2. The molecule has 2 heterocycles. The SMILES string of the molecule is Cc1nc(C(=O)NCC(C)(O)C2CCCCO2)no1. The van der Waals surface area contributed by atoms with Crippen LogP contribution < -0.4 is 5.32 Å². The number of carbonyl (C=O) groups excluding carboxylic acids is 1. The van der Waals surface area contributed by atoms with Crippen molar-refractivity contribution in [3.63, 3.8) is 0 Å². The first-order valence-corrected chi connectivity index (χ1v) is 6.41. The zero-order chi connectivity index (χ0) is 13.9. The molecule has 7 nitrogen and oxygen atoms in total. The highest BCUT2D eigenvalue weighted by Gasteiger charge is 2.34. The molecule has 0 aliphatic carbocycles. The molecule has 0 radical (unpaired) electrons. The first kappa shape index (κ1) is 14.0. The molecule has 2 N–H and O–H groups in total. The lowest BCUT2D eigenvalue weighted by Crippen LogP contribution is -2.51. The number of rotatable bonds is 4. The minimum absolute atomic E-state index is 0.0298. The number of hydrogen-bond acceptors (Lipinski definition) is 6. The maximum Gasteiger partial charge on any atom is 0.292 e. The largest absolute Gasteiger partial charge is 0.386 e. The second-order valence-electron chi connectivity index (χ2n) is 5.03. The third kappa shape index (κ3) is 3.51. The Morgan fingerprint density at radius 1 is 1.58 bits per heavy atom. The Hall–Kier alpha value is -1.47. The Balaban J connectivity index is 1.88. The molecule has 2 unspecified atom stereocenters. The quantitative estimate of drug-likeness (QED) is 0.822. The molecule has 1 amide bonds. The number of ether oxygens (including phenoxy) is 1. The number of nitrogens with one attached hydrogen (secondary N) is 1. The van der Waals surface area contributed by atoms with Crippen LogP contribution in [0.4, 0.5) is 0 Å². The molecule has 7 heteroatoms. The Bertz CT molecular complexity index is 438. The molecule has 0 aromatic carbocycles. The summed E-state index contributed by atoms with van der Waals surface area (Å²) in [5.74, 6) is -0.168. The highest BCUT2D eigenvalue weighted by molar-refractivity contribution is 5.90. The number of amides is 1. The van der Waals surface area contributed by atoms with Gasteiger partial charge in [0.25, 0.3) is 11.7 Å². The molecule has 1 saturated heterocycles. The lowest BCUT2D eigenvalue weighted by molar-refractivity contribution is -0.114. The monoisotopic (exact) mass is 269 g/mol. The van der Waals surface area contributed by atoms with Gasteiger partial charge in [-0.25, -0.2) is 0 Å². The second kappa shape index (κ2) is 5.66. The minimum Gasteiger partial charge on any atom is -0.386 e. The average molecular weight is 269 g/mol. The third-order valence-electron chi connectivity index (χ3n) is 3.21. The van der Waals surface area contributed by atoms with Crippen molar-refractivity contribution in [1.82, 2.24) is 15.5 Å². The molecule has 1 aliphatic heterocycles. The van der Waals surface area contributed by atoms with Gasteiger partial charge in [0.15, 0.2) is 0 Å². The van der Waals surface area contributed by atoms with Crippen molar-refractivity contribution in [2.75, 3.05) is 13.2 Å². The molecule has 0 spiro atoms. The van der Waals surface area contributed by atoms with Crippen LogP contribution >= 0.6 is 0 Å². The normalized spacial score (nSPS) is 22.8. The molecule has 1 aromatic heterocycles. The Morgan fingerprint density at radius 3 is 2.95 bits per heavy atom. The number of aryl methyl sites for hydroxylation is 1. The lowest BCUT2D eigenvalue weighted by Gasteiger charge is -2.35. The van der Waals surface area contributed by atoms with Crippen molar-refractivity contribution in [3.8, 4) is 0 Å². The van der Waals surface area contributed by atoms with Gasteiger partial charge in [-0.1, -0.05) is 5.16 Å². The highest BCUT2D eigenvalue weighted by atomic mass is 16.5. The van der Waals surface area contributed by atoms with Crippen LogP contribution in [0.2, 0.25) is 0 Å². The number of carbonyl (C=O) groups is 1. The fraction of sp³-hybridized carbons (Fsp3) is 0.750. The van der Waals surface area contributed by atoms with Gasteiger partial charge in [0.1, 0.15) is 5.60 Å². The van der Waals surface area contributed by atoms with Gasteiger partial charge < -0.3 is 19.7 Å². The zero-order valence-corrected chi connectivity index (χ0v) is 11.2. The van der Waals surface area contributed by atoms with Crippen LogP contribution in [0.15, 0.2) is 4.52 Å². The first-order valence-electron chi connectivity index (χ1n) is 6.41. The summed E-state index contributed by atoms with van der Waals surface area (Å²) in [4.78, 5) is 15.6. The lowest BCUT2D eigenvalue weighted by atomic mass is 9.93. The summed E-state index contributed by atoms with van der Waals surface area (Å²) in [6.45, 7) is 4.00. The van der Waals surface area contributed by atoms with Crippen LogP contribution in [0.5, 0.6) is 0 Å². The predicted octanol–water partition coefficient (Wildman–Crippen LogP) is 0.428. The minimum atomic E-state index is -1.10. The Labute approximate surface area is 111 Å². The van der Waals surface area contributed by atoms with E-state index >= 15 is 0 Å². The molecule has 2 atom stereocenters. The van der Waals surface area contributed by atoms with Crippen molar-refractivity contribution in [2.24, 2.45) is 0 Å². The van der Waals surface area contributed by atoms with Crippen LogP contribution in [-0.4, -0.2) is 46.0 Å². The van der Waals surface area contributed by atoms with Gasteiger partial charge in [-0.3, -0.25) is 4.79 Å². The predicted molar refractivity (Wildman–Crippen MR) is 65.6 cm³/mol. The van der Waals surface area contributed by atoms with Crippen molar-refractivity contribution >= 4 is 5.91 Å². The summed E-state index contributed by atoms with van der Waals surface area (Å²) < 4.78 is 10.3. The summed E-state index contributed by atoms with van der Waals surface area (Å²) in [6, 6.07) is 0. The molecule has 0 bridgehead atoms. The van der Waals surface area contributed by atoms with Crippen molar-refractivity contribution in [3.05, 3.63) is 11.7 Å². The van der Waals surface area contributed by atoms with Crippen LogP contribution in [-0.2, 0) is 4.74 Å². The van der Waals surface area contributed by atoms with E-state index in [0.717, 1.165) is 19.3 Å². The molecular weight excluding hydrogens is 250 g/mol. The molecule has 1 fully saturated rings. The van der Waals surface area contributed by atoms with E-state index < -0.39 is 11.5 Å². The smallest absolute Gasteiger partial charge is 0.292 e. The summed E-state index contributed by atoms with van der Waals surface area (Å²) >= 11 is 0. The van der Waals surface area contributed by atoms with E-state index in [2.05, 4.69) is 15.5 Å². The molecular formula is C12H19N3O4. The van der Waals surface area contributed by atoms with Crippen molar-refractivity contribution in [2.45, 2.75) is 44.8 Å². The standard InChI is InChI=1S/C12H19N3O4/c1-8-14-10(15-19-8)11(16)13-7-12(2,17)9-5-3-4-6-18-9/h9,17H,3-7H2,1-2H3,(H,13,16). The van der Waals surface area contributed by atoms with Crippen molar-refractivity contribution < 1.29 is 19.2 Å². The van der Waals surface area contributed by atoms with E-state index in [1.165, 1.54) is 0 Å². The zero-order valence-electron chi connectivity index (χ0n) is 11.2. The van der Waals surface area contributed by atoms with E-state index in [1.54, 1.807) is 13.8 Å². The summed E-state index contributed by atoms with van der Waals surface area (Å²) in [7, 11) is 0. The molecule has 0 saturated carbocycles. The average Bonchev–Trinajstić information content (AvgIpc) is 2.84. The maximum atomic E-state index is 11.7. The molecule has 1 aliphatic rings. The van der Waals surface area contributed by atoms with Crippen LogP contribution in [0.3, 0.4) is 0 Å². The Morgan fingerprint density at radius 2 is 2.37 bits per heavy atom. The van der Waals surface area contributed by atoms with Crippen LogP contribution in [0.1, 0.15) is 42.7 Å². The molecule has 106 valence electrons. The summed E-state index contributed by atoms with van der Waals surface area (Å²) in [6.07, 6.45) is 2.58. The molecule has 2 rings (SSSR count). The summed E-state index contributed by atoms with van der Waals surface area (Å²) in [5.41, 5.74) is -1.10. The van der Waals surface area contributed by atoms with E-state index in [0.29, 0.717) is 12.5 Å². The first-order chi connectivity index (χ1) is 8.99. The van der Waals surface area contributed by atoms with E-state index in [-0.39, 0.29) is 18.5 Å². The van der Waals surface area contributed by atoms with Gasteiger partial charge in [0.05, 0.1) is 6.10 Å². The van der Waals surface area contributed by atoms with Crippen LogP contribution in [0, 0.1) is 6.92 Å². The number of aromatic nitrogens is 2. The van der Waals surface area contributed by atoms with Gasteiger partial charge in [-0.2, -0.15) is 4.98 Å².